The van der Waals surface area contributed by atoms with Crippen LogP contribution in [0.1, 0.15) is 12.8 Å². The first-order valence-corrected chi connectivity index (χ1v) is 3.73. The summed E-state index contributed by atoms with van der Waals surface area (Å²) in [7, 11) is 0. The molecule has 2 heterocycles. The fraction of sp³-hybridized carbons (Fsp3) is 0.714. The molecule has 1 amide bonds. The zero-order valence-corrected chi connectivity index (χ0v) is 6.00. The van der Waals surface area contributed by atoms with E-state index in [0.717, 1.165) is 0 Å². The number of esters is 1. The fourth-order valence-corrected chi connectivity index (χ4v) is 1.59. The molecule has 4 heteroatoms. The van der Waals surface area contributed by atoms with Crippen LogP contribution in [0.2, 0.25) is 0 Å². The quantitative estimate of drug-likeness (QED) is 0.477. The van der Waals surface area contributed by atoms with E-state index in [2.05, 4.69) is 5.32 Å². The van der Waals surface area contributed by atoms with E-state index in [1.54, 1.807) is 0 Å². The molecule has 0 radical (unpaired) electrons. The molecule has 60 valence electrons. The highest BCUT2D eigenvalue weighted by atomic mass is 16.5. The maximum Gasteiger partial charge on any atom is 0.311 e. The summed E-state index contributed by atoms with van der Waals surface area (Å²) in [6, 6.07) is -0.0521. The predicted octanol–water partition coefficient (Wildman–Crippen LogP) is -0.562. The van der Waals surface area contributed by atoms with Gasteiger partial charge < -0.3 is 10.1 Å². The van der Waals surface area contributed by atoms with Gasteiger partial charge in [-0.25, -0.2) is 0 Å². The molecule has 0 aromatic heterocycles. The van der Waals surface area contributed by atoms with Gasteiger partial charge in [-0.3, -0.25) is 9.59 Å². The minimum Gasteiger partial charge on any atom is -0.463 e. The van der Waals surface area contributed by atoms with Crippen LogP contribution >= 0.6 is 0 Å². The normalized spacial score (nSPS) is 36.0. The Morgan fingerprint density at radius 2 is 2.27 bits per heavy atom. The van der Waals surface area contributed by atoms with Crippen molar-refractivity contribution < 1.29 is 14.3 Å². The van der Waals surface area contributed by atoms with Gasteiger partial charge >= 0.3 is 5.97 Å². The molecule has 1 N–H and O–H groups in total. The summed E-state index contributed by atoms with van der Waals surface area (Å²) < 4.78 is 4.79. The molecular formula is C7H9NO3. The third-order valence-corrected chi connectivity index (χ3v) is 2.22. The van der Waals surface area contributed by atoms with Gasteiger partial charge in [0.2, 0.25) is 5.91 Å². The highest BCUT2D eigenvalue weighted by molar-refractivity contribution is 5.83. The molecule has 2 rings (SSSR count). The molecule has 0 bridgehead atoms. The summed E-state index contributed by atoms with van der Waals surface area (Å²) in [5.41, 5.74) is 0. The zero-order chi connectivity index (χ0) is 7.84. The summed E-state index contributed by atoms with van der Waals surface area (Å²) in [5.74, 6) is -0.202. The third kappa shape index (κ3) is 0.982. The second-order valence-corrected chi connectivity index (χ2v) is 2.95. The summed E-state index contributed by atoms with van der Waals surface area (Å²) in [5, 5.41) is 2.72. The molecule has 2 fully saturated rings. The monoisotopic (exact) mass is 155 g/mol. The Morgan fingerprint density at radius 3 is 3.09 bits per heavy atom. The van der Waals surface area contributed by atoms with Gasteiger partial charge in [0.05, 0.1) is 12.0 Å². The Labute approximate surface area is 63.9 Å². The highest BCUT2D eigenvalue weighted by Gasteiger charge is 2.40. The minimum absolute atomic E-state index is 0.0320. The first-order chi connectivity index (χ1) is 5.27. The summed E-state index contributed by atoms with van der Waals surface area (Å²) in [4.78, 5) is 21.8. The van der Waals surface area contributed by atoms with Gasteiger partial charge in [-0.2, -0.15) is 0 Å². The van der Waals surface area contributed by atoms with Crippen molar-refractivity contribution in [1.29, 1.82) is 0 Å². The first-order valence-electron chi connectivity index (χ1n) is 3.73. The second-order valence-electron chi connectivity index (χ2n) is 2.95. The molecule has 2 saturated heterocycles. The van der Waals surface area contributed by atoms with Gasteiger partial charge in [0.1, 0.15) is 6.61 Å². The van der Waals surface area contributed by atoms with E-state index in [1.165, 1.54) is 0 Å². The number of ether oxygens (including phenoxy) is 1. The summed E-state index contributed by atoms with van der Waals surface area (Å²) >= 11 is 0. The summed E-state index contributed by atoms with van der Waals surface area (Å²) in [6.07, 6.45) is 1.10. The van der Waals surface area contributed by atoms with E-state index in [4.69, 9.17) is 4.74 Å². The second kappa shape index (κ2) is 2.22. The molecule has 2 aliphatic heterocycles. The van der Waals surface area contributed by atoms with Crippen LogP contribution in [0.15, 0.2) is 0 Å². The van der Waals surface area contributed by atoms with Crippen molar-refractivity contribution in [3.8, 4) is 0 Å². The largest absolute Gasteiger partial charge is 0.463 e. The Hall–Kier alpha value is -1.06. The summed E-state index contributed by atoms with van der Waals surface area (Å²) in [6.45, 7) is 0.356. The van der Waals surface area contributed by atoms with Gasteiger partial charge in [0.25, 0.3) is 0 Å². The van der Waals surface area contributed by atoms with Crippen LogP contribution in [0.4, 0.5) is 0 Å². The van der Waals surface area contributed by atoms with Gasteiger partial charge in [0.15, 0.2) is 0 Å². The van der Waals surface area contributed by atoms with Crippen LogP contribution in [0, 0.1) is 5.92 Å². The maximum atomic E-state index is 10.9. The van der Waals surface area contributed by atoms with Gasteiger partial charge in [-0.15, -0.1) is 0 Å². The van der Waals surface area contributed by atoms with Crippen LogP contribution < -0.4 is 5.32 Å². The number of hydrogen-bond acceptors (Lipinski definition) is 3. The minimum atomic E-state index is -0.157. The molecule has 0 aromatic carbocycles. The van der Waals surface area contributed by atoms with E-state index in [-0.39, 0.29) is 23.8 Å². The van der Waals surface area contributed by atoms with Gasteiger partial charge in [-0.1, -0.05) is 0 Å². The Kier molecular flexibility index (Phi) is 1.34. The molecule has 0 aliphatic carbocycles. The topological polar surface area (TPSA) is 55.4 Å². The SMILES string of the molecule is O=C1CCC2C(=O)OCC2N1. The molecule has 0 saturated carbocycles. The average molecular weight is 155 g/mol. The maximum absolute atomic E-state index is 10.9. The zero-order valence-electron chi connectivity index (χ0n) is 6.00. The number of nitrogens with one attached hydrogen (secondary N) is 1. The fourth-order valence-electron chi connectivity index (χ4n) is 1.59. The van der Waals surface area contributed by atoms with Crippen molar-refractivity contribution in [2.45, 2.75) is 18.9 Å². The molecule has 2 unspecified atom stereocenters. The van der Waals surface area contributed by atoms with E-state index in [1.807, 2.05) is 0 Å². The van der Waals surface area contributed by atoms with Crippen LogP contribution in [0.3, 0.4) is 0 Å². The molecule has 2 atom stereocenters. The smallest absolute Gasteiger partial charge is 0.311 e. The van der Waals surface area contributed by atoms with Crippen molar-refractivity contribution in [2.24, 2.45) is 5.92 Å². The number of piperidine rings is 1. The number of cyclic esters (lactones) is 1. The number of carbonyl (C=O) groups is 2. The van der Waals surface area contributed by atoms with E-state index in [9.17, 15) is 9.59 Å². The number of fused-ring (bicyclic) bond motifs is 1. The van der Waals surface area contributed by atoms with E-state index >= 15 is 0 Å². The van der Waals surface area contributed by atoms with Crippen molar-refractivity contribution in [3.05, 3.63) is 0 Å². The lowest BCUT2D eigenvalue weighted by Gasteiger charge is -2.21. The predicted molar refractivity (Wildman–Crippen MR) is 35.6 cm³/mol. The highest BCUT2D eigenvalue weighted by Crippen LogP contribution is 2.23. The molecule has 4 nitrogen and oxygen atoms in total. The van der Waals surface area contributed by atoms with Crippen molar-refractivity contribution in [3.63, 3.8) is 0 Å². The number of carbonyl (C=O) groups excluding carboxylic acids is 2. The lowest BCUT2D eigenvalue weighted by atomic mass is 9.93. The number of hydrogen-bond donors (Lipinski definition) is 1. The van der Waals surface area contributed by atoms with Crippen LogP contribution in [-0.4, -0.2) is 24.5 Å². The van der Waals surface area contributed by atoms with Gasteiger partial charge in [0, 0.05) is 6.42 Å². The van der Waals surface area contributed by atoms with Crippen molar-refractivity contribution >= 4 is 11.9 Å². The standard InChI is InChI=1S/C7H9NO3/c9-6-2-1-4-5(8-6)3-11-7(4)10/h4-5H,1-3H2,(H,8,9). The molecule has 2 aliphatic rings. The van der Waals surface area contributed by atoms with Crippen molar-refractivity contribution in [1.82, 2.24) is 5.32 Å². The Balaban J connectivity index is 2.11. The number of rotatable bonds is 0. The first kappa shape index (κ1) is 6.64. The third-order valence-electron chi connectivity index (χ3n) is 2.22. The van der Waals surface area contributed by atoms with Crippen LogP contribution in [0.25, 0.3) is 0 Å². The van der Waals surface area contributed by atoms with Crippen molar-refractivity contribution in [2.75, 3.05) is 6.61 Å². The Morgan fingerprint density at radius 1 is 1.45 bits per heavy atom. The van der Waals surface area contributed by atoms with Crippen LogP contribution in [-0.2, 0) is 14.3 Å². The molecule has 11 heavy (non-hydrogen) atoms. The van der Waals surface area contributed by atoms with Gasteiger partial charge in [-0.05, 0) is 6.42 Å². The lowest BCUT2D eigenvalue weighted by molar-refractivity contribution is -0.141. The lowest BCUT2D eigenvalue weighted by Crippen LogP contribution is -2.44. The molecular weight excluding hydrogens is 146 g/mol. The molecule has 0 aromatic rings. The van der Waals surface area contributed by atoms with E-state index < -0.39 is 0 Å². The van der Waals surface area contributed by atoms with E-state index in [0.29, 0.717) is 19.4 Å². The van der Waals surface area contributed by atoms with Crippen LogP contribution in [0.5, 0.6) is 0 Å². The molecule has 0 spiro atoms. The Bertz CT molecular complexity index is 214. The number of amides is 1. The average Bonchev–Trinajstić information content (AvgIpc) is 2.32.